The molecule has 3 heterocycles. The Hall–Kier alpha value is -1.99. The van der Waals surface area contributed by atoms with Crippen LogP contribution in [0.4, 0.5) is 0 Å². The first-order valence-corrected chi connectivity index (χ1v) is 8.44. The van der Waals surface area contributed by atoms with Gasteiger partial charge in [0.2, 0.25) is 5.89 Å². The van der Waals surface area contributed by atoms with Crippen LogP contribution in [0.2, 0.25) is 0 Å². The molecule has 0 spiro atoms. The maximum Gasteiger partial charge on any atom is 0.250 e. The number of hydrogen-bond donors (Lipinski definition) is 0. The smallest absolute Gasteiger partial charge is 0.250 e. The predicted molar refractivity (Wildman–Crippen MR) is 90.6 cm³/mol. The van der Waals surface area contributed by atoms with E-state index in [1.165, 1.54) is 0 Å². The van der Waals surface area contributed by atoms with Crippen molar-refractivity contribution in [2.24, 2.45) is 7.05 Å². The lowest BCUT2D eigenvalue weighted by atomic mass is 10.2. The predicted octanol–water partition coefficient (Wildman–Crippen LogP) is 1.21. The molecule has 0 N–H and O–H groups in total. The van der Waals surface area contributed by atoms with Gasteiger partial charge >= 0.3 is 0 Å². The van der Waals surface area contributed by atoms with Crippen LogP contribution in [-0.4, -0.2) is 50.7 Å². The van der Waals surface area contributed by atoms with Gasteiger partial charge < -0.3 is 9.09 Å². The molecule has 2 aromatic rings. The van der Waals surface area contributed by atoms with E-state index in [-0.39, 0.29) is 11.5 Å². The van der Waals surface area contributed by atoms with Gasteiger partial charge in [0.05, 0.1) is 6.54 Å². The van der Waals surface area contributed by atoms with Crippen LogP contribution in [0.5, 0.6) is 0 Å². The molecule has 0 aliphatic carbocycles. The summed E-state index contributed by atoms with van der Waals surface area (Å²) in [6, 6.07) is 3.73. The molecule has 1 saturated heterocycles. The molecule has 1 aliphatic rings. The Morgan fingerprint density at radius 2 is 1.83 bits per heavy atom. The van der Waals surface area contributed by atoms with Crippen molar-refractivity contribution in [3.8, 4) is 0 Å². The van der Waals surface area contributed by atoms with Crippen LogP contribution in [0.1, 0.15) is 37.0 Å². The Labute approximate surface area is 141 Å². The van der Waals surface area contributed by atoms with E-state index in [4.69, 9.17) is 4.52 Å². The zero-order valence-corrected chi connectivity index (χ0v) is 14.6. The third-order valence-corrected chi connectivity index (χ3v) is 4.40. The van der Waals surface area contributed by atoms with Crippen molar-refractivity contribution in [1.82, 2.24) is 24.5 Å². The minimum absolute atomic E-state index is 0.0449. The zero-order chi connectivity index (χ0) is 17.1. The van der Waals surface area contributed by atoms with Crippen LogP contribution in [0.25, 0.3) is 0 Å². The van der Waals surface area contributed by atoms with Crippen molar-refractivity contribution in [3.63, 3.8) is 0 Å². The monoisotopic (exact) mass is 331 g/mol. The first-order chi connectivity index (χ1) is 11.5. The summed E-state index contributed by atoms with van der Waals surface area (Å²) in [5.41, 5.74) is 1.12. The molecule has 0 aromatic carbocycles. The fourth-order valence-electron chi connectivity index (χ4n) is 2.81. The highest BCUT2D eigenvalue weighted by atomic mass is 16.5. The fourth-order valence-corrected chi connectivity index (χ4v) is 2.81. The van der Waals surface area contributed by atoms with E-state index in [1.54, 1.807) is 17.7 Å². The van der Waals surface area contributed by atoms with Crippen molar-refractivity contribution in [3.05, 3.63) is 46.0 Å². The van der Waals surface area contributed by atoms with Gasteiger partial charge in [0.1, 0.15) is 0 Å². The second-order valence-electron chi connectivity index (χ2n) is 6.74. The third-order valence-electron chi connectivity index (χ3n) is 4.40. The van der Waals surface area contributed by atoms with Gasteiger partial charge in [0.25, 0.3) is 5.56 Å². The Bertz CT molecular complexity index is 729. The average molecular weight is 331 g/mol. The molecule has 3 rings (SSSR count). The molecular weight excluding hydrogens is 306 g/mol. The van der Waals surface area contributed by atoms with E-state index in [0.29, 0.717) is 12.4 Å². The Morgan fingerprint density at radius 1 is 1.17 bits per heavy atom. The highest BCUT2D eigenvalue weighted by molar-refractivity contribution is 5.10. The van der Waals surface area contributed by atoms with E-state index < -0.39 is 0 Å². The SMILES string of the molecule is CC(C)c1noc(CN2CCN(Cc3ccn(C)c(=O)c3)CC2)n1. The Kier molecular flexibility index (Phi) is 5.11. The number of nitrogens with zero attached hydrogens (tertiary/aromatic N) is 5. The van der Waals surface area contributed by atoms with Gasteiger partial charge in [-0.25, -0.2) is 0 Å². The highest BCUT2D eigenvalue weighted by Gasteiger charge is 2.20. The van der Waals surface area contributed by atoms with E-state index in [0.717, 1.165) is 44.1 Å². The number of rotatable bonds is 5. The van der Waals surface area contributed by atoms with Gasteiger partial charge in [0, 0.05) is 58.0 Å². The van der Waals surface area contributed by atoms with Gasteiger partial charge in [-0.2, -0.15) is 4.98 Å². The molecule has 2 aromatic heterocycles. The Balaban J connectivity index is 1.50. The van der Waals surface area contributed by atoms with Crippen molar-refractivity contribution in [1.29, 1.82) is 0 Å². The molecule has 24 heavy (non-hydrogen) atoms. The van der Waals surface area contributed by atoms with Crippen LogP contribution in [0.15, 0.2) is 27.6 Å². The number of pyridine rings is 1. The number of piperazine rings is 1. The minimum atomic E-state index is 0.0449. The highest BCUT2D eigenvalue weighted by Crippen LogP contribution is 2.13. The lowest BCUT2D eigenvalue weighted by molar-refractivity contribution is 0.112. The van der Waals surface area contributed by atoms with Gasteiger partial charge in [-0.3, -0.25) is 14.6 Å². The minimum Gasteiger partial charge on any atom is -0.338 e. The zero-order valence-electron chi connectivity index (χ0n) is 14.6. The molecule has 0 amide bonds. The van der Waals surface area contributed by atoms with Crippen molar-refractivity contribution in [2.75, 3.05) is 26.2 Å². The molecule has 130 valence electrons. The van der Waals surface area contributed by atoms with E-state index in [1.807, 2.05) is 12.3 Å². The van der Waals surface area contributed by atoms with Crippen molar-refractivity contribution in [2.45, 2.75) is 32.9 Å². The summed E-state index contributed by atoms with van der Waals surface area (Å²) in [5.74, 6) is 1.76. The normalized spacial score (nSPS) is 16.8. The molecule has 0 radical (unpaired) electrons. The van der Waals surface area contributed by atoms with Crippen molar-refractivity contribution >= 4 is 0 Å². The topological polar surface area (TPSA) is 67.4 Å². The van der Waals surface area contributed by atoms with Crippen LogP contribution in [-0.2, 0) is 20.1 Å². The standard InChI is InChI=1S/C17H25N5O2/c1-13(2)17-18-15(24-19-17)12-22-8-6-21(7-9-22)11-14-4-5-20(3)16(23)10-14/h4-5,10,13H,6-9,11-12H2,1-3H3. The Morgan fingerprint density at radius 3 is 2.42 bits per heavy atom. The van der Waals surface area contributed by atoms with Crippen LogP contribution in [0, 0.1) is 0 Å². The summed E-state index contributed by atoms with van der Waals surface area (Å²) in [6.07, 6.45) is 1.83. The summed E-state index contributed by atoms with van der Waals surface area (Å²) in [6.45, 7) is 9.52. The second-order valence-corrected chi connectivity index (χ2v) is 6.74. The summed E-state index contributed by atoms with van der Waals surface area (Å²) in [4.78, 5) is 20.8. The van der Waals surface area contributed by atoms with E-state index in [2.05, 4.69) is 33.8 Å². The van der Waals surface area contributed by atoms with Gasteiger partial charge in [0.15, 0.2) is 5.82 Å². The molecule has 7 nitrogen and oxygen atoms in total. The number of aryl methyl sites for hydroxylation is 1. The number of hydrogen-bond acceptors (Lipinski definition) is 6. The molecule has 7 heteroatoms. The molecule has 0 atom stereocenters. The second kappa shape index (κ2) is 7.27. The maximum absolute atomic E-state index is 11.7. The molecule has 1 aliphatic heterocycles. The van der Waals surface area contributed by atoms with Crippen LogP contribution < -0.4 is 5.56 Å². The summed E-state index contributed by atoms with van der Waals surface area (Å²) >= 11 is 0. The van der Waals surface area contributed by atoms with E-state index >= 15 is 0 Å². The summed E-state index contributed by atoms with van der Waals surface area (Å²) < 4.78 is 6.92. The molecule has 0 bridgehead atoms. The lowest BCUT2D eigenvalue weighted by Gasteiger charge is -2.33. The van der Waals surface area contributed by atoms with Gasteiger partial charge in [-0.15, -0.1) is 0 Å². The molecule has 0 unspecified atom stereocenters. The first kappa shape index (κ1) is 16.9. The van der Waals surface area contributed by atoms with E-state index in [9.17, 15) is 4.79 Å². The molecule has 1 fully saturated rings. The van der Waals surface area contributed by atoms with Crippen LogP contribution >= 0.6 is 0 Å². The maximum atomic E-state index is 11.7. The van der Waals surface area contributed by atoms with Gasteiger partial charge in [-0.05, 0) is 11.6 Å². The fraction of sp³-hybridized carbons (Fsp3) is 0.588. The largest absolute Gasteiger partial charge is 0.338 e. The van der Waals surface area contributed by atoms with Crippen LogP contribution in [0.3, 0.4) is 0 Å². The quantitative estimate of drug-likeness (QED) is 0.820. The average Bonchev–Trinajstić information content (AvgIpc) is 3.02. The molecular formula is C17H25N5O2. The lowest BCUT2D eigenvalue weighted by Crippen LogP contribution is -2.45. The first-order valence-electron chi connectivity index (χ1n) is 8.44. The molecule has 0 saturated carbocycles. The van der Waals surface area contributed by atoms with Gasteiger partial charge in [-0.1, -0.05) is 19.0 Å². The number of aromatic nitrogens is 3. The summed E-state index contributed by atoms with van der Waals surface area (Å²) in [5, 5.41) is 4.01. The van der Waals surface area contributed by atoms with Crippen molar-refractivity contribution < 1.29 is 4.52 Å². The summed E-state index contributed by atoms with van der Waals surface area (Å²) in [7, 11) is 1.77. The third kappa shape index (κ3) is 4.10.